The molecule has 2 heterocycles. The summed E-state index contributed by atoms with van der Waals surface area (Å²) < 4.78 is 5.27. The summed E-state index contributed by atoms with van der Waals surface area (Å²) in [4.78, 5) is 2.45. The molecule has 220 valence electrons. The van der Waals surface area contributed by atoms with Gasteiger partial charge in [-0.25, -0.2) is 0 Å². The number of nitrogens with zero attached hydrogens (tertiary/aromatic N) is 1. The molecule has 0 radical (unpaired) electrons. The first kappa shape index (κ1) is 26.7. The predicted octanol–water partition coefficient (Wildman–Crippen LogP) is 13.9. The van der Waals surface area contributed by atoms with Crippen molar-refractivity contribution in [3.63, 3.8) is 0 Å². The van der Waals surface area contributed by atoms with E-state index >= 15 is 0 Å². The van der Waals surface area contributed by atoms with E-state index in [1.54, 1.807) is 0 Å². The van der Waals surface area contributed by atoms with Crippen LogP contribution in [0.4, 0.5) is 17.1 Å². The van der Waals surface area contributed by atoms with E-state index in [4.69, 9.17) is 0 Å². The number of hydrogen-bond donors (Lipinski definition) is 0. The first-order valence-corrected chi connectivity index (χ1v) is 17.6. The van der Waals surface area contributed by atoms with Gasteiger partial charge >= 0.3 is 0 Å². The van der Waals surface area contributed by atoms with Crippen LogP contribution in [0.3, 0.4) is 0 Å². The zero-order valence-electron chi connectivity index (χ0n) is 25.4. The SMILES string of the molecule is c1ccc2c(c1)ccc1ccc(N(c3ccc(-c4cccc5sc6ccccc6c45)cc3)c3cccc4sc5ccccc5c34)cc12. The second-order valence-corrected chi connectivity index (χ2v) is 14.3. The lowest BCUT2D eigenvalue weighted by Crippen LogP contribution is -2.10. The monoisotopic (exact) mass is 633 g/mol. The van der Waals surface area contributed by atoms with Crippen molar-refractivity contribution in [1.29, 1.82) is 0 Å². The van der Waals surface area contributed by atoms with Crippen molar-refractivity contribution in [1.82, 2.24) is 0 Å². The number of anilines is 3. The van der Waals surface area contributed by atoms with E-state index in [1.165, 1.54) is 78.7 Å². The molecule has 0 spiro atoms. The van der Waals surface area contributed by atoms with E-state index in [1.807, 2.05) is 22.7 Å². The number of fused-ring (bicyclic) bond motifs is 9. The average molecular weight is 634 g/mol. The number of thiophene rings is 2. The van der Waals surface area contributed by atoms with Crippen LogP contribution in [0.5, 0.6) is 0 Å². The molecule has 0 atom stereocenters. The molecule has 0 bridgehead atoms. The van der Waals surface area contributed by atoms with Gasteiger partial charge in [-0.3, -0.25) is 0 Å². The number of hydrogen-bond acceptors (Lipinski definition) is 3. The van der Waals surface area contributed by atoms with Gasteiger partial charge in [-0.05, 0) is 87.3 Å². The molecule has 0 aliphatic carbocycles. The summed E-state index contributed by atoms with van der Waals surface area (Å²) in [5, 5.41) is 10.3. The molecular formula is C44H27NS2. The van der Waals surface area contributed by atoms with Crippen LogP contribution < -0.4 is 4.90 Å². The third-order valence-electron chi connectivity index (χ3n) is 9.45. The van der Waals surface area contributed by atoms with Gasteiger partial charge in [0.15, 0.2) is 0 Å². The molecule has 0 fully saturated rings. The van der Waals surface area contributed by atoms with Gasteiger partial charge in [-0.2, -0.15) is 0 Å². The first-order chi connectivity index (χ1) is 23.3. The minimum atomic E-state index is 1.14. The maximum atomic E-state index is 2.45. The van der Waals surface area contributed by atoms with Crippen molar-refractivity contribution in [2.24, 2.45) is 0 Å². The van der Waals surface area contributed by atoms with Gasteiger partial charge in [0.25, 0.3) is 0 Å². The van der Waals surface area contributed by atoms with Crippen LogP contribution >= 0.6 is 22.7 Å². The first-order valence-electron chi connectivity index (χ1n) is 15.9. The summed E-state index contributed by atoms with van der Waals surface area (Å²) in [5.41, 5.74) is 5.99. The standard InChI is InChI=1S/C44H27NS2/c1-2-10-33-28(9-1)19-20-30-23-26-32(27-37(30)33)45(38-14-8-18-42-44(38)36-12-4-6-16-40(36)47-42)31-24-21-29(22-25-31)34-13-7-17-41-43(34)35-11-3-5-15-39(35)46-41/h1-27H. The Bertz CT molecular complexity index is 2800. The molecule has 0 saturated carbocycles. The van der Waals surface area contributed by atoms with Crippen molar-refractivity contribution in [2.75, 3.05) is 4.90 Å². The molecule has 0 unspecified atom stereocenters. The van der Waals surface area contributed by atoms with Crippen LogP contribution in [0.1, 0.15) is 0 Å². The summed E-state index contributed by atoms with van der Waals surface area (Å²) in [6.07, 6.45) is 0. The Balaban J connectivity index is 1.20. The zero-order valence-corrected chi connectivity index (χ0v) is 27.0. The molecular weight excluding hydrogens is 607 g/mol. The predicted molar refractivity (Wildman–Crippen MR) is 207 cm³/mol. The summed E-state index contributed by atoms with van der Waals surface area (Å²) in [6.45, 7) is 0. The Morgan fingerprint density at radius 2 is 0.915 bits per heavy atom. The quantitative estimate of drug-likeness (QED) is 0.174. The molecule has 3 heteroatoms. The van der Waals surface area contributed by atoms with E-state index < -0.39 is 0 Å². The van der Waals surface area contributed by atoms with Crippen LogP contribution in [-0.2, 0) is 0 Å². The zero-order chi connectivity index (χ0) is 30.9. The molecule has 8 aromatic carbocycles. The van der Waals surface area contributed by atoms with E-state index in [0.29, 0.717) is 0 Å². The Kier molecular flexibility index (Phi) is 5.98. The van der Waals surface area contributed by atoms with Crippen LogP contribution in [0.25, 0.3) is 73.0 Å². The fourth-order valence-corrected chi connectivity index (χ4v) is 9.56. The fraction of sp³-hybridized carbons (Fsp3) is 0. The minimum absolute atomic E-state index is 1.14. The minimum Gasteiger partial charge on any atom is -0.310 e. The second-order valence-electron chi connectivity index (χ2n) is 12.1. The summed E-state index contributed by atoms with van der Waals surface area (Å²) in [5.74, 6) is 0. The van der Waals surface area contributed by atoms with Gasteiger partial charge < -0.3 is 4.90 Å². The Morgan fingerprint density at radius 3 is 1.68 bits per heavy atom. The molecule has 2 aromatic heterocycles. The van der Waals surface area contributed by atoms with Crippen molar-refractivity contribution < 1.29 is 0 Å². The van der Waals surface area contributed by atoms with E-state index in [-0.39, 0.29) is 0 Å². The molecule has 10 rings (SSSR count). The van der Waals surface area contributed by atoms with Gasteiger partial charge in [0.2, 0.25) is 0 Å². The molecule has 0 aliphatic heterocycles. The van der Waals surface area contributed by atoms with Crippen LogP contribution in [-0.4, -0.2) is 0 Å². The third-order valence-corrected chi connectivity index (χ3v) is 11.7. The van der Waals surface area contributed by atoms with Crippen molar-refractivity contribution >= 4 is 102 Å². The maximum Gasteiger partial charge on any atom is 0.0554 e. The summed E-state index contributed by atoms with van der Waals surface area (Å²) >= 11 is 3.74. The van der Waals surface area contributed by atoms with Crippen LogP contribution in [0, 0.1) is 0 Å². The Morgan fingerprint density at radius 1 is 0.362 bits per heavy atom. The maximum absolute atomic E-state index is 2.45. The molecule has 47 heavy (non-hydrogen) atoms. The highest BCUT2D eigenvalue weighted by atomic mass is 32.1. The lowest BCUT2D eigenvalue weighted by molar-refractivity contribution is 1.31. The van der Waals surface area contributed by atoms with Gasteiger partial charge in [0.1, 0.15) is 0 Å². The lowest BCUT2D eigenvalue weighted by atomic mass is 9.98. The van der Waals surface area contributed by atoms with Gasteiger partial charge in [-0.15, -0.1) is 22.7 Å². The average Bonchev–Trinajstić information content (AvgIpc) is 3.71. The molecule has 10 aromatic rings. The Hall–Kier alpha value is -5.48. The molecule has 0 amide bonds. The highest BCUT2D eigenvalue weighted by Crippen LogP contribution is 2.46. The van der Waals surface area contributed by atoms with Crippen LogP contribution in [0.15, 0.2) is 164 Å². The molecule has 0 N–H and O–H groups in total. The van der Waals surface area contributed by atoms with E-state index in [2.05, 4.69) is 169 Å². The lowest BCUT2D eigenvalue weighted by Gasteiger charge is -2.27. The molecule has 0 saturated heterocycles. The summed E-state index contributed by atoms with van der Waals surface area (Å²) in [6, 6.07) is 60.3. The van der Waals surface area contributed by atoms with Crippen molar-refractivity contribution in [3.05, 3.63) is 164 Å². The topological polar surface area (TPSA) is 3.24 Å². The molecule has 0 aliphatic rings. The number of benzene rings is 8. The largest absolute Gasteiger partial charge is 0.310 e. The van der Waals surface area contributed by atoms with Gasteiger partial charge in [0.05, 0.1) is 5.69 Å². The van der Waals surface area contributed by atoms with Gasteiger partial charge in [-0.1, -0.05) is 109 Å². The normalized spacial score (nSPS) is 11.8. The van der Waals surface area contributed by atoms with Crippen molar-refractivity contribution in [2.45, 2.75) is 0 Å². The third kappa shape index (κ3) is 4.21. The smallest absolute Gasteiger partial charge is 0.0554 e. The van der Waals surface area contributed by atoms with Crippen molar-refractivity contribution in [3.8, 4) is 11.1 Å². The fourth-order valence-electron chi connectivity index (χ4n) is 7.30. The number of rotatable bonds is 4. The second kappa shape index (κ2) is 10.5. The highest BCUT2D eigenvalue weighted by Gasteiger charge is 2.20. The summed E-state index contributed by atoms with van der Waals surface area (Å²) in [7, 11) is 0. The van der Waals surface area contributed by atoms with Crippen LogP contribution in [0.2, 0.25) is 0 Å². The molecule has 1 nitrogen and oxygen atoms in total. The van der Waals surface area contributed by atoms with Gasteiger partial charge in [0, 0.05) is 51.7 Å². The Labute approximate surface area is 280 Å². The van der Waals surface area contributed by atoms with E-state index in [9.17, 15) is 0 Å². The highest BCUT2D eigenvalue weighted by molar-refractivity contribution is 7.26. The van der Waals surface area contributed by atoms with E-state index in [0.717, 1.165) is 11.4 Å².